The molecule has 0 aliphatic rings. The lowest BCUT2D eigenvalue weighted by atomic mass is 10.3. The number of hydrogen-bond acceptors (Lipinski definition) is 6. The molecule has 0 fully saturated rings. The predicted molar refractivity (Wildman–Crippen MR) is 86.9 cm³/mol. The van der Waals surface area contributed by atoms with Gasteiger partial charge in [0.1, 0.15) is 16.3 Å². The molecule has 0 radical (unpaired) electrons. The monoisotopic (exact) mass is 337 g/mol. The van der Waals surface area contributed by atoms with Gasteiger partial charge in [0.15, 0.2) is 0 Å². The highest BCUT2D eigenvalue weighted by Gasteiger charge is 2.16. The molecule has 0 unspecified atom stereocenters. The first-order valence-corrected chi connectivity index (χ1v) is 8.42. The summed E-state index contributed by atoms with van der Waals surface area (Å²) in [6.07, 6.45) is 0. The van der Waals surface area contributed by atoms with E-state index in [0.717, 1.165) is 32.9 Å². The van der Waals surface area contributed by atoms with Gasteiger partial charge in [-0.15, -0.1) is 11.3 Å². The van der Waals surface area contributed by atoms with Gasteiger partial charge < -0.3 is 4.74 Å². The summed E-state index contributed by atoms with van der Waals surface area (Å²) in [4.78, 5) is 25.2. The number of hydrogen-bond donors (Lipinski definition) is 0. The number of carbonyl (C=O) groups excluding carboxylic acids is 1. The van der Waals surface area contributed by atoms with E-state index in [0.29, 0.717) is 11.4 Å². The van der Waals surface area contributed by atoms with Crippen molar-refractivity contribution in [1.82, 2.24) is 14.3 Å². The van der Waals surface area contributed by atoms with Crippen LogP contribution in [0.15, 0.2) is 16.2 Å². The van der Waals surface area contributed by atoms with Crippen molar-refractivity contribution in [2.45, 2.75) is 20.4 Å². The molecule has 6 nitrogen and oxygen atoms in total. The number of ether oxygens (including phenoxy) is 1. The van der Waals surface area contributed by atoms with Crippen LogP contribution >= 0.6 is 22.7 Å². The number of carbonyl (C=O) groups is 1. The second-order valence-electron chi connectivity index (χ2n) is 4.97. The van der Waals surface area contributed by atoms with Crippen molar-refractivity contribution < 1.29 is 9.53 Å². The number of aromatic nitrogens is 3. The van der Waals surface area contributed by atoms with Crippen molar-refractivity contribution in [3.8, 4) is 0 Å². The van der Waals surface area contributed by atoms with Crippen molar-refractivity contribution in [2.24, 2.45) is 7.05 Å². The largest absolute Gasteiger partial charge is 0.460 e. The topological polar surface area (TPSA) is 66.1 Å². The number of fused-ring (bicyclic) bond motifs is 1. The Morgan fingerprint density at radius 1 is 1.41 bits per heavy atom. The average molecular weight is 337 g/mol. The third-order valence-electron chi connectivity index (χ3n) is 3.42. The van der Waals surface area contributed by atoms with Crippen LogP contribution in [0.5, 0.6) is 0 Å². The van der Waals surface area contributed by atoms with E-state index in [1.807, 2.05) is 27.0 Å². The first-order valence-electron chi connectivity index (χ1n) is 6.72. The number of rotatable bonds is 4. The molecule has 3 rings (SSSR count). The highest BCUT2D eigenvalue weighted by Crippen LogP contribution is 2.28. The highest BCUT2D eigenvalue weighted by atomic mass is 32.1. The fourth-order valence-electron chi connectivity index (χ4n) is 2.28. The van der Waals surface area contributed by atoms with E-state index >= 15 is 0 Å². The Labute approximate surface area is 134 Å². The maximum absolute atomic E-state index is 12.1. The van der Waals surface area contributed by atoms with Crippen LogP contribution in [0.25, 0.3) is 10.2 Å². The first kappa shape index (κ1) is 15.0. The summed E-state index contributed by atoms with van der Waals surface area (Å²) in [6.45, 7) is 4.34. The maximum atomic E-state index is 12.1. The molecule has 0 atom stereocenters. The van der Waals surface area contributed by atoms with Crippen LogP contribution in [0.2, 0.25) is 0 Å². The molecule has 0 saturated heterocycles. The Morgan fingerprint density at radius 2 is 2.18 bits per heavy atom. The average Bonchev–Trinajstić information content (AvgIpc) is 3.11. The quantitative estimate of drug-likeness (QED) is 0.685. The summed E-state index contributed by atoms with van der Waals surface area (Å²) in [7, 11) is 1.85. The summed E-state index contributed by atoms with van der Waals surface area (Å²) >= 11 is 2.52. The molecule has 0 amide bonds. The number of nitrogens with zero attached hydrogens (tertiary/aromatic N) is 3. The lowest BCUT2D eigenvalue weighted by molar-refractivity contribution is 0.0496. The summed E-state index contributed by atoms with van der Waals surface area (Å²) < 4.78 is 8.65. The number of thiophene rings is 1. The van der Waals surface area contributed by atoms with E-state index < -0.39 is 0 Å². The lowest BCUT2D eigenvalue weighted by Gasteiger charge is -2.05. The molecule has 0 aliphatic heterocycles. The van der Waals surface area contributed by atoms with Gasteiger partial charge >= 0.3 is 10.8 Å². The minimum absolute atomic E-state index is 0.0305. The van der Waals surface area contributed by atoms with E-state index in [9.17, 15) is 9.59 Å². The summed E-state index contributed by atoms with van der Waals surface area (Å²) in [5.74, 6) is -0.360. The molecule has 0 saturated carbocycles. The molecule has 0 spiro atoms. The van der Waals surface area contributed by atoms with Crippen molar-refractivity contribution in [3.05, 3.63) is 37.4 Å². The molecule has 22 heavy (non-hydrogen) atoms. The van der Waals surface area contributed by atoms with Gasteiger partial charge in [0.25, 0.3) is 0 Å². The van der Waals surface area contributed by atoms with E-state index in [2.05, 4.69) is 5.10 Å². The smallest absolute Gasteiger partial charge is 0.348 e. The SMILES string of the molecule is Cc1nn(C)c2sc(C(=O)OCCn3c(C)csc3=O)cc12. The molecule has 3 aromatic rings. The summed E-state index contributed by atoms with van der Waals surface area (Å²) in [5.41, 5.74) is 1.78. The Bertz CT molecular complexity index is 866. The van der Waals surface area contributed by atoms with Crippen molar-refractivity contribution in [3.63, 3.8) is 0 Å². The van der Waals surface area contributed by atoms with Crippen LogP contribution in [-0.4, -0.2) is 26.9 Å². The third-order valence-corrected chi connectivity index (χ3v) is 5.48. The van der Waals surface area contributed by atoms with Gasteiger partial charge in [-0.05, 0) is 19.9 Å². The van der Waals surface area contributed by atoms with Crippen LogP contribution in [-0.2, 0) is 18.3 Å². The molecular formula is C14H15N3O3S2. The van der Waals surface area contributed by atoms with Crippen molar-refractivity contribution in [2.75, 3.05) is 6.61 Å². The highest BCUT2D eigenvalue weighted by molar-refractivity contribution is 7.20. The van der Waals surface area contributed by atoms with Crippen molar-refractivity contribution >= 4 is 38.9 Å². The van der Waals surface area contributed by atoms with E-state index in [1.165, 1.54) is 11.3 Å². The molecular weight excluding hydrogens is 322 g/mol. The molecule has 0 aromatic carbocycles. The number of aryl methyl sites for hydroxylation is 3. The number of esters is 1. The normalized spacial score (nSPS) is 11.2. The Balaban J connectivity index is 1.68. The van der Waals surface area contributed by atoms with Gasteiger partial charge in [-0.25, -0.2) is 4.79 Å². The molecule has 8 heteroatoms. The van der Waals surface area contributed by atoms with Crippen LogP contribution in [0.1, 0.15) is 21.1 Å². The summed E-state index contributed by atoms with van der Waals surface area (Å²) in [6, 6.07) is 1.81. The fraction of sp³-hybridized carbons (Fsp3) is 0.357. The second-order valence-corrected chi connectivity index (χ2v) is 6.82. The molecule has 0 aliphatic carbocycles. The Kier molecular flexibility index (Phi) is 3.88. The molecule has 3 heterocycles. The molecule has 0 bridgehead atoms. The van der Waals surface area contributed by atoms with Crippen LogP contribution in [0.4, 0.5) is 0 Å². The zero-order chi connectivity index (χ0) is 15.9. The third kappa shape index (κ3) is 2.59. The van der Waals surface area contributed by atoms with Gasteiger partial charge in [0.05, 0.1) is 12.2 Å². The molecule has 116 valence electrons. The predicted octanol–water partition coefficient (Wildman–Crippen LogP) is 2.33. The fourth-order valence-corrected chi connectivity index (χ4v) is 4.06. The van der Waals surface area contributed by atoms with Gasteiger partial charge in [0, 0.05) is 23.5 Å². The van der Waals surface area contributed by atoms with E-state index in [4.69, 9.17) is 4.74 Å². The van der Waals surface area contributed by atoms with E-state index in [-0.39, 0.29) is 17.4 Å². The maximum Gasteiger partial charge on any atom is 0.348 e. The zero-order valence-corrected chi connectivity index (χ0v) is 14.1. The summed E-state index contributed by atoms with van der Waals surface area (Å²) in [5, 5.41) is 7.08. The first-order chi connectivity index (χ1) is 10.5. The van der Waals surface area contributed by atoms with E-state index in [1.54, 1.807) is 14.6 Å². The lowest BCUT2D eigenvalue weighted by Crippen LogP contribution is -2.19. The second kappa shape index (κ2) is 5.69. The van der Waals surface area contributed by atoms with Crippen LogP contribution in [0, 0.1) is 13.8 Å². The standard InChI is InChI=1S/C14H15N3O3S2/c1-8-7-21-14(19)17(8)4-5-20-13(18)11-6-10-9(2)15-16(3)12(10)22-11/h6-7H,4-5H2,1-3H3. The number of thiazole rings is 1. The Hall–Kier alpha value is -1.93. The molecule has 0 N–H and O–H groups in total. The minimum Gasteiger partial charge on any atom is -0.460 e. The van der Waals surface area contributed by atoms with Crippen LogP contribution < -0.4 is 4.87 Å². The van der Waals surface area contributed by atoms with Gasteiger partial charge in [0.2, 0.25) is 0 Å². The zero-order valence-electron chi connectivity index (χ0n) is 12.5. The minimum atomic E-state index is -0.360. The molecule has 3 aromatic heterocycles. The van der Waals surface area contributed by atoms with Crippen molar-refractivity contribution in [1.29, 1.82) is 0 Å². The van der Waals surface area contributed by atoms with Gasteiger partial charge in [-0.2, -0.15) is 5.10 Å². The van der Waals surface area contributed by atoms with Gasteiger partial charge in [-0.3, -0.25) is 14.0 Å². The van der Waals surface area contributed by atoms with Gasteiger partial charge in [-0.1, -0.05) is 11.3 Å². The van der Waals surface area contributed by atoms with Crippen LogP contribution in [0.3, 0.4) is 0 Å². The Morgan fingerprint density at radius 3 is 2.82 bits per heavy atom.